The van der Waals surface area contributed by atoms with Crippen molar-refractivity contribution in [1.82, 2.24) is 20.2 Å². The Morgan fingerprint density at radius 3 is 2.81 bits per heavy atom. The highest BCUT2D eigenvalue weighted by molar-refractivity contribution is 6.02. The Hall–Kier alpha value is -4.11. The highest BCUT2D eigenvalue weighted by Gasteiger charge is 2.46. The molecule has 1 saturated heterocycles. The van der Waals surface area contributed by atoms with Gasteiger partial charge in [-0.15, -0.1) is 0 Å². The molecule has 4 heterocycles. The average Bonchev–Trinajstić information content (AvgIpc) is 3.59. The van der Waals surface area contributed by atoms with E-state index in [9.17, 15) is 4.79 Å². The lowest BCUT2D eigenvalue weighted by atomic mass is 9.73. The van der Waals surface area contributed by atoms with Crippen LogP contribution in [0.2, 0.25) is 0 Å². The second-order valence-electron chi connectivity index (χ2n) is 9.87. The number of hydrogen-bond acceptors (Lipinski definition) is 7. The number of ether oxygens (including phenoxy) is 1. The van der Waals surface area contributed by atoms with Crippen LogP contribution in [0.4, 0.5) is 5.95 Å². The van der Waals surface area contributed by atoms with Crippen LogP contribution in [0.15, 0.2) is 57.9 Å². The van der Waals surface area contributed by atoms with Crippen molar-refractivity contribution in [2.75, 3.05) is 25.1 Å². The van der Waals surface area contributed by atoms with Crippen molar-refractivity contribution in [3.05, 3.63) is 70.2 Å². The summed E-state index contributed by atoms with van der Waals surface area (Å²) >= 11 is 0. The fraction of sp³-hybridized carbons (Fsp3) is 0.296. The van der Waals surface area contributed by atoms with Gasteiger partial charge in [0.05, 0.1) is 7.11 Å². The van der Waals surface area contributed by atoms with E-state index in [1.807, 2.05) is 18.2 Å². The second kappa shape index (κ2) is 7.69. The molecule has 1 aliphatic heterocycles. The molecule has 1 fully saturated rings. The molecule has 9 nitrogen and oxygen atoms in total. The Morgan fingerprint density at radius 1 is 1.17 bits per heavy atom. The molecule has 1 spiro atoms. The molecule has 0 amide bonds. The van der Waals surface area contributed by atoms with Gasteiger partial charge in [0.2, 0.25) is 5.95 Å². The Labute approximate surface area is 206 Å². The van der Waals surface area contributed by atoms with Gasteiger partial charge in [-0.3, -0.25) is 14.9 Å². The van der Waals surface area contributed by atoms with E-state index in [0.717, 1.165) is 37.7 Å². The summed E-state index contributed by atoms with van der Waals surface area (Å²) in [5.74, 6) is 1.18. The minimum absolute atomic E-state index is 0.0453. The van der Waals surface area contributed by atoms with Crippen molar-refractivity contribution in [2.45, 2.75) is 25.3 Å². The van der Waals surface area contributed by atoms with Crippen molar-refractivity contribution in [3.8, 4) is 17.0 Å². The maximum Gasteiger partial charge on any atom is 0.264 e. The first-order valence-corrected chi connectivity index (χ1v) is 12.2. The third kappa shape index (κ3) is 2.95. The van der Waals surface area contributed by atoms with Gasteiger partial charge in [-0.25, -0.2) is 0 Å². The fourth-order valence-electron chi connectivity index (χ4n) is 6.12. The molecule has 7 rings (SSSR count). The first-order chi connectivity index (χ1) is 17.6. The number of benzene rings is 2. The average molecular weight is 483 g/mol. The predicted molar refractivity (Wildman–Crippen MR) is 137 cm³/mol. The topological polar surface area (TPSA) is 126 Å². The van der Waals surface area contributed by atoms with Crippen LogP contribution in [0.25, 0.3) is 33.3 Å². The molecular weight excluding hydrogens is 456 g/mol. The normalized spacial score (nSPS) is 18.8. The Morgan fingerprint density at radius 2 is 2.00 bits per heavy atom. The molecule has 3 aromatic heterocycles. The first kappa shape index (κ1) is 21.2. The molecule has 4 N–H and O–H groups in total. The van der Waals surface area contributed by atoms with E-state index >= 15 is 0 Å². The van der Waals surface area contributed by atoms with Crippen LogP contribution in [0.1, 0.15) is 30.0 Å². The van der Waals surface area contributed by atoms with E-state index < -0.39 is 0 Å². The van der Waals surface area contributed by atoms with Crippen LogP contribution >= 0.6 is 0 Å². The monoisotopic (exact) mass is 482 g/mol. The number of rotatable bonds is 3. The number of anilines is 1. The van der Waals surface area contributed by atoms with Crippen LogP contribution in [0.5, 0.6) is 5.75 Å². The molecule has 2 aromatic carbocycles. The number of nitrogens with one attached hydrogen (secondary N) is 2. The molecule has 5 aromatic rings. The number of nitrogens with two attached hydrogens (primary N) is 1. The molecule has 1 aliphatic carbocycles. The Balaban J connectivity index is 1.19. The summed E-state index contributed by atoms with van der Waals surface area (Å²) < 4.78 is 11.1. The molecule has 0 unspecified atom stereocenters. The number of methoxy groups -OCH3 is 1. The quantitative estimate of drug-likeness (QED) is 0.356. The second-order valence-corrected chi connectivity index (χ2v) is 9.87. The summed E-state index contributed by atoms with van der Waals surface area (Å²) in [5.41, 5.74) is 11.5. The van der Waals surface area contributed by atoms with E-state index in [0.29, 0.717) is 39.6 Å². The summed E-state index contributed by atoms with van der Waals surface area (Å²) in [6.07, 6.45) is 4.50. The highest BCUT2D eigenvalue weighted by Crippen LogP contribution is 2.50. The molecule has 2 aliphatic rings. The molecule has 182 valence electrons. The maximum absolute atomic E-state index is 13.3. The SMILES string of the molecule is COc1cccc2c(-c3n[nH]c4nc(N5CCC6(CC5)Cc5ccccc5[C@H]6N)[nH]c(=O)c34)coc12. The highest BCUT2D eigenvalue weighted by atomic mass is 16.5. The molecular formula is C27H26N6O3. The zero-order chi connectivity index (χ0) is 24.4. The van der Waals surface area contributed by atoms with Gasteiger partial charge in [-0.05, 0) is 41.9 Å². The summed E-state index contributed by atoms with van der Waals surface area (Å²) in [4.78, 5) is 23.2. The molecule has 1 atom stereocenters. The zero-order valence-electron chi connectivity index (χ0n) is 19.9. The number of furan rings is 1. The molecule has 0 bridgehead atoms. The maximum atomic E-state index is 13.3. The number of hydrogen-bond donors (Lipinski definition) is 3. The molecule has 9 heteroatoms. The lowest BCUT2D eigenvalue weighted by Crippen LogP contribution is -2.45. The Bertz CT molecular complexity index is 1670. The van der Waals surface area contributed by atoms with Crippen LogP contribution < -0.4 is 20.9 Å². The molecule has 36 heavy (non-hydrogen) atoms. The standard InChI is InChI=1S/C27H26N6O3/c1-35-19-8-4-7-17-18(14-36-22(17)19)21-20-24(32-31-21)29-26(30-25(20)34)33-11-9-27(10-12-33)13-15-5-2-3-6-16(15)23(27)28/h2-8,14,23H,9-13,28H2,1H3,(H2,29,30,31,32,34)/t23-/m1/s1. The van der Waals surface area contributed by atoms with Crippen LogP contribution in [-0.2, 0) is 6.42 Å². The number of para-hydroxylation sites is 1. The number of aromatic amines is 2. The lowest BCUT2D eigenvalue weighted by Gasteiger charge is -2.42. The summed E-state index contributed by atoms with van der Waals surface area (Å²) in [6.45, 7) is 1.56. The van der Waals surface area contributed by atoms with Crippen LogP contribution in [-0.4, -0.2) is 40.4 Å². The van der Waals surface area contributed by atoms with E-state index in [1.54, 1.807) is 13.4 Å². The van der Waals surface area contributed by atoms with Crippen molar-refractivity contribution in [1.29, 1.82) is 0 Å². The smallest absolute Gasteiger partial charge is 0.264 e. The fourth-order valence-corrected chi connectivity index (χ4v) is 6.12. The van der Waals surface area contributed by atoms with E-state index in [4.69, 9.17) is 19.9 Å². The molecule has 0 saturated carbocycles. The van der Waals surface area contributed by atoms with E-state index in [1.165, 1.54) is 11.1 Å². The summed E-state index contributed by atoms with van der Waals surface area (Å²) in [6, 6.07) is 14.2. The van der Waals surface area contributed by atoms with E-state index in [2.05, 4.69) is 44.3 Å². The van der Waals surface area contributed by atoms with Gasteiger partial charge in [0.1, 0.15) is 17.3 Å². The van der Waals surface area contributed by atoms with Gasteiger partial charge in [-0.2, -0.15) is 10.1 Å². The minimum Gasteiger partial charge on any atom is -0.493 e. The van der Waals surface area contributed by atoms with Crippen molar-refractivity contribution in [3.63, 3.8) is 0 Å². The number of nitrogens with zero attached hydrogens (tertiary/aromatic N) is 3. The summed E-state index contributed by atoms with van der Waals surface area (Å²) in [7, 11) is 1.60. The molecule has 0 radical (unpaired) electrons. The predicted octanol–water partition coefficient (Wildman–Crippen LogP) is 3.91. The zero-order valence-corrected chi connectivity index (χ0v) is 19.9. The van der Waals surface area contributed by atoms with Gasteiger partial charge in [0.15, 0.2) is 17.0 Å². The van der Waals surface area contributed by atoms with Crippen LogP contribution in [0.3, 0.4) is 0 Å². The Kier molecular flexibility index (Phi) is 4.53. The van der Waals surface area contributed by atoms with Crippen molar-refractivity contribution >= 4 is 28.0 Å². The summed E-state index contributed by atoms with van der Waals surface area (Å²) in [5, 5.41) is 8.62. The number of H-pyrrole nitrogens is 2. The van der Waals surface area contributed by atoms with Gasteiger partial charge < -0.3 is 19.8 Å². The first-order valence-electron chi connectivity index (χ1n) is 12.2. The minimum atomic E-state index is -0.235. The van der Waals surface area contributed by atoms with Gasteiger partial charge in [0, 0.05) is 30.1 Å². The number of piperidine rings is 1. The number of fused-ring (bicyclic) bond motifs is 3. The largest absolute Gasteiger partial charge is 0.493 e. The van der Waals surface area contributed by atoms with Crippen molar-refractivity contribution < 1.29 is 9.15 Å². The number of aromatic nitrogens is 4. The van der Waals surface area contributed by atoms with Gasteiger partial charge >= 0.3 is 0 Å². The van der Waals surface area contributed by atoms with Gasteiger partial charge in [-0.1, -0.05) is 36.4 Å². The van der Waals surface area contributed by atoms with Crippen molar-refractivity contribution in [2.24, 2.45) is 11.1 Å². The lowest BCUT2D eigenvalue weighted by molar-refractivity contribution is 0.187. The van der Waals surface area contributed by atoms with E-state index in [-0.39, 0.29) is 17.0 Å². The third-order valence-electron chi connectivity index (χ3n) is 8.11. The third-order valence-corrected chi connectivity index (χ3v) is 8.11. The van der Waals surface area contributed by atoms with Gasteiger partial charge in [0.25, 0.3) is 5.56 Å². The van der Waals surface area contributed by atoms with Crippen LogP contribution in [0, 0.1) is 5.41 Å².